The first-order valence-corrected chi connectivity index (χ1v) is 9.59. The summed E-state index contributed by atoms with van der Waals surface area (Å²) in [5.41, 5.74) is 1.84. The molecule has 0 spiro atoms. The average Bonchev–Trinajstić information content (AvgIpc) is 2.93. The van der Waals surface area contributed by atoms with Crippen LogP contribution in [0.3, 0.4) is 0 Å². The van der Waals surface area contributed by atoms with Crippen molar-refractivity contribution in [2.45, 2.75) is 23.9 Å². The average molecular weight is 405 g/mol. The Kier molecular flexibility index (Phi) is 5.67. The maximum atomic E-state index is 12.9. The van der Waals surface area contributed by atoms with Crippen LogP contribution < -0.4 is 10.7 Å². The van der Waals surface area contributed by atoms with Crippen molar-refractivity contribution in [1.82, 2.24) is 20.7 Å². The van der Waals surface area contributed by atoms with E-state index in [4.69, 9.17) is 11.6 Å². The van der Waals surface area contributed by atoms with E-state index in [1.54, 1.807) is 49.5 Å². The van der Waals surface area contributed by atoms with Crippen LogP contribution in [0.5, 0.6) is 0 Å². The Labute approximate surface area is 165 Å². The minimum absolute atomic E-state index is 0.0434. The van der Waals surface area contributed by atoms with Gasteiger partial charge in [0.2, 0.25) is 5.91 Å². The van der Waals surface area contributed by atoms with Crippen LogP contribution in [0.15, 0.2) is 53.7 Å². The van der Waals surface area contributed by atoms with E-state index >= 15 is 0 Å². The third kappa shape index (κ3) is 3.77. The maximum absolute atomic E-state index is 12.9. The van der Waals surface area contributed by atoms with E-state index in [2.05, 4.69) is 15.7 Å². The molecule has 140 valence electrons. The standard InChI is InChI=1S/C18H17ClN4O3S/c1-2-18(12-7-4-3-5-8-12)16(25)23(17(26)21-18)22-14(24)11-27-15-13(19)9-6-10-20-15/h3-10H,2,11H2,1H3,(H,21,26)(H,22,24). The number of carbonyl (C=O) groups excluding carboxylic acids is 3. The van der Waals surface area contributed by atoms with Crippen LogP contribution in [-0.2, 0) is 15.1 Å². The van der Waals surface area contributed by atoms with Crippen LogP contribution in [0, 0.1) is 0 Å². The largest absolute Gasteiger partial charge is 0.344 e. The molecule has 7 nitrogen and oxygen atoms in total. The fraction of sp³-hybridized carbons (Fsp3) is 0.222. The number of halogens is 1. The summed E-state index contributed by atoms with van der Waals surface area (Å²) >= 11 is 7.12. The molecule has 1 saturated heterocycles. The second-order valence-electron chi connectivity index (χ2n) is 5.81. The number of benzene rings is 1. The molecular weight excluding hydrogens is 388 g/mol. The van der Waals surface area contributed by atoms with Crippen molar-refractivity contribution in [3.63, 3.8) is 0 Å². The number of rotatable bonds is 6. The number of carbonyl (C=O) groups is 3. The van der Waals surface area contributed by atoms with Crippen LogP contribution in [0.2, 0.25) is 5.02 Å². The highest BCUT2D eigenvalue weighted by Crippen LogP contribution is 2.31. The van der Waals surface area contributed by atoms with E-state index in [1.807, 2.05) is 6.07 Å². The number of hydrogen-bond donors (Lipinski definition) is 2. The molecule has 1 aromatic heterocycles. The summed E-state index contributed by atoms with van der Waals surface area (Å²) in [7, 11) is 0. The van der Waals surface area contributed by atoms with Gasteiger partial charge in [-0.3, -0.25) is 15.0 Å². The molecule has 1 unspecified atom stereocenters. The number of urea groups is 1. The summed E-state index contributed by atoms with van der Waals surface area (Å²) < 4.78 is 0. The van der Waals surface area contributed by atoms with Crippen LogP contribution in [0.25, 0.3) is 0 Å². The number of imide groups is 1. The fourth-order valence-electron chi connectivity index (χ4n) is 2.81. The predicted molar refractivity (Wildman–Crippen MR) is 102 cm³/mol. The lowest BCUT2D eigenvalue weighted by Crippen LogP contribution is -2.49. The summed E-state index contributed by atoms with van der Waals surface area (Å²) in [6.45, 7) is 1.80. The number of nitrogens with one attached hydrogen (secondary N) is 2. The Morgan fingerprint density at radius 1 is 1.26 bits per heavy atom. The molecule has 2 aromatic rings. The summed E-state index contributed by atoms with van der Waals surface area (Å²) in [6.07, 6.45) is 1.92. The summed E-state index contributed by atoms with van der Waals surface area (Å²) in [6, 6.07) is 11.6. The van der Waals surface area contributed by atoms with Gasteiger partial charge in [0.15, 0.2) is 0 Å². The van der Waals surface area contributed by atoms with Crippen molar-refractivity contribution in [1.29, 1.82) is 0 Å². The number of nitrogens with zero attached hydrogens (tertiary/aromatic N) is 2. The number of hydrogen-bond acceptors (Lipinski definition) is 5. The van der Waals surface area contributed by atoms with Crippen molar-refractivity contribution in [3.05, 3.63) is 59.2 Å². The molecule has 4 amide bonds. The maximum Gasteiger partial charge on any atom is 0.344 e. The molecule has 0 radical (unpaired) electrons. The van der Waals surface area contributed by atoms with Crippen molar-refractivity contribution in [3.8, 4) is 0 Å². The number of pyridine rings is 1. The molecular formula is C18H17ClN4O3S. The predicted octanol–water partition coefficient (Wildman–Crippen LogP) is 2.72. The second kappa shape index (κ2) is 7.98. The van der Waals surface area contributed by atoms with E-state index in [0.717, 1.165) is 16.8 Å². The fourth-order valence-corrected chi connectivity index (χ4v) is 3.77. The van der Waals surface area contributed by atoms with E-state index in [0.29, 0.717) is 22.0 Å². The first-order valence-electron chi connectivity index (χ1n) is 8.23. The van der Waals surface area contributed by atoms with Crippen molar-refractivity contribution >= 4 is 41.2 Å². The number of thioether (sulfide) groups is 1. The Morgan fingerprint density at radius 2 is 2.00 bits per heavy atom. The molecule has 0 saturated carbocycles. The van der Waals surface area contributed by atoms with Crippen molar-refractivity contribution in [2.24, 2.45) is 0 Å². The molecule has 2 N–H and O–H groups in total. The Bertz CT molecular complexity index is 880. The zero-order chi connectivity index (χ0) is 19.4. The summed E-state index contributed by atoms with van der Waals surface area (Å²) in [5.74, 6) is -1.07. The summed E-state index contributed by atoms with van der Waals surface area (Å²) in [4.78, 5) is 41.6. The van der Waals surface area contributed by atoms with Crippen LogP contribution >= 0.6 is 23.4 Å². The third-order valence-corrected chi connectivity index (χ3v) is 5.61. The minimum Gasteiger partial charge on any atom is -0.318 e. The Morgan fingerprint density at radius 3 is 2.67 bits per heavy atom. The van der Waals surface area contributed by atoms with Gasteiger partial charge in [-0.25, -0.2) is 9.78 Å². The Balaban J connectivity index is 1.70. The molecule has 9 heteroatoms. The lowest BCUT2D eigenvalue weighted by molar-refractivity contribution is -0.138. The van der Waals surface area contributed by atoms with Crippen LogP contribution in [0.1, 0.15) is 18.9 Å². The van der Waals surface area contributed by atoms with Gasteiger partial charge in [0.1, 0.15) is 10.6 Å². The smallest absolute Gasteiger partial charge is 0.318 e. The van der Waals surface area contributed by atoms with E-state index in [-0.39, 0.29) is 5.75 Å². The molecule has 3 rings (SSSR count). The van der Waals surface area contributed by atoms with Gasteiger partial charge in [-0.2, -0.15) is 5.01 Å². The topological polar surface area (TPSA) is 91.4 Å². The van der Waals surface area contributed by atoms with E-state index in [1.165, 1.54) is 0 Å². The second-order valence-corrected chi connectivity index (χ2v) is 7.18. The highest BCUT2D eigenvalue weighted by atomic mass is 35.5. The highest BCUT2D eigenvalue weighted by Gasteiger charge is 2.52. The molecule has 0 aliphatic carbocycles. The van der Waals surface area contributed by atoms with Crippen molar-refractivity contribution in [2.75, 3.05) is 5.75 Å². The van der Waals surface area contributed by atoms with Gasteiger partial charge in [-0.15, -0.1) is 0 Å². The van der Waals surface area contributed by atoms with E-state index < -0.39 is 23.4 Å². The Hall–Kier alpha value is -2.58. The van der Waals surface area contributed by atoms with Crippen LogP contribution in [-0.4, -0.2) is 33.6 Å². The molecule has 0 bridgehead atoms. The minimum atomic E-state index is -1.19. The highest BCUT2D eigenvalue weighted by molar-refractivity contribution is 8.00. The van der Waals surface area contributed by atoms with Crippen LogP contribution in [0.4, 0.5) is 4.79 Å². The van der Waals surface area contributed by atoms with E-state index in [9.17, 15) is 14.4 Å². The van der Waals surface area contributed by atoms with Gasteiger partial charge >= 0.3 is 6.03 Å². The zero-order valence-corrected chi connectivity index (χ0v) is 16.0. The molecule has 1 aliphatic rings. The number of aromatic nitrogens is 1. The van der Waals surface area contributed by atoms with Gasteiger partial charge in [-0.1, -0.05) is 60.6 Å². The molecule has 1 atom stereocenters. The van der Waals surface area contributed by atoms with Gasteiger partial charge in [-0.05, 0) is 24.1 Å². The first kappa shape index (κ1) is 19.2. The molecule has 1 fully saturated rings. The summed E-state index contributed by atoms with van der Waals surface area (Å²) in [5, 5.41) is 4.37. The quantitative estimate of drug-likeness (QED) is 0.570. The number of amides is 4. The zero-order valence-electron chi connectivity index (χ0n) is 14.4. The molecule has 2 heterocycles. The lowest BCUT2D eigenvalue weighted by Gasteiger charge is -2.25. The lowest BCUT2D eigenvalue weighted by atomic mass is 9.87. The van der Waals surface area contributed by atoms with Gasteiger partial charge in [0.05, 0.1) is 10.8 Å². The monoisotopic (exact) mass is 404 g/mol. The van der Waals surface area contributed by atoms with Crippen molar-refractivity contribution < 1.29 is 14.4 Å². The molecule has 27 heavy (non-hydrogen) atoms. The molecule has 1 aliphatic heterocycles. The van der Waals surface area contributed by atoms with Gasteiger partial charge < -0.3 is 5.32 Å². The SMILES string of the molecule is CCC1(c2ccccc2)NC(=O)N(NC(=O)CSc2ncccc2Cl)C1=O. The van der Waals surface area contributed by atoms with Gasteiger partial charge in [0, 0.05) is 6.20 Å². The normalized spacial score (nSPS) is 19.1. The molecule has 1 aromatic carbocycles. The number of hydrazine groups is 1. The first-order chi connectivity index (χ1) is 13.0. The van der Waals surface area contributed by atoms with Gasteiger partial charge in [0.25, 0.3) is 5.91 Å². The third-order valence-electron chi connectivity index (χ3n) is 4.19.